The largest absolute Gasteiger partial charge is 0.508 e. The topological polar surface area (TPSA) is 65.0 Å². The lowest BCUT2D eigenvalue weighted by atomic mass is 10.1. The number of carbonyl (C=O) groups excluding carboxylic acids is 1. The van der Waals surface area contributed by atoms with Gasteiger partial charge in [0.05, 0.1) is 14.2 Å². The van der Waals surface area contributed by atoms with Crippen LogP contribution >= 0.6 is 0 Å². The first kappa shape index (κ1) is 13.2. The van der Waals surface area contributed by atoms with Gasteiger partial charge < -0.3 is 19.3 Å². The van der Waals surface area contributed by atoms with Gasteiger partial charge in [-0.1, -0.05) is 6.92 Å². The molecule has 0 aliphatic carbocycles. The highest BCUT2D eigenvalue weighted by Gasteiger charge is 2.11. The van der Waals surface area contributed by atoms with Gasteiger partial charge in [0.15, 0.2) is 18.1 Å². The minimum Gasteiger partial charge on any atom is -0.508 e. The molecule has 0 aromatic heterocycles. The second-order valence-corrected chi connectivity index (χ2v) is 3.35. The summed E-state index contributed by atoms with van der Waals surface area (Å²) in [6, 6.07) is 3.11. The lowest BCUT2D eigenvalue weighted by Crippen LogP contribution is -2.13. The Labute approximate surface area is 99.9 Å². The molecule has 5 nitrogen and oxygen atoms in total. The van der Waals surface area contributed by atoms with E-state index < -0.39 is 5.97 Å². The van der Waals surface area contributed by atoms with Gasteiger partial charge in [-0.2, -0.15) is 0 Å². The molecule has 0 atom stereocenters. The molecule has 1 aromatic carbocycles. The fourth-order valence-electron chi connectivity index (χ4n) is 1.34. The maximum Gasteiger partial charge on any atom is 0.343 e. The third-order valence-electron chi connectivity index (χ3n) is 2.32. The Kier molecular flexibility index (Phi) is 4.63. The molecule has 0 aliphatic heterocycles. The first-order valence-corrected chi connectivity index (χ1v) is 5.21. The third kappa shape index (κ3) is 3.27. The average molecular weight is 240 g/mol. The number of phenolic OH excluding ortho intramolecular Hbond substituents is 1. The Bertz CT molecular complexity index is 400. The molecule has 1 rings (SSSR count). The number of benzene rings is 1. The van der Waals surface area contributed by atoms with E-state index in [-0.39, 0.29) is 12.4 Å². The van der Waals surface area contributed by atoms with E-state index in [0.717, 1.165) is 5.56 Å². The maximum absolute atomic E-state index is 11.0. The highest BCUT2D eigenvalue weighted by atomic mass is 16.6. The van der Waals surface area contributed by atoms with Crippen LogP contribution in [0.3, 0.4) is 0 Å². The van der Waals surface area contributed by atoms with E-state index in [0.29, 0.717) is 17.9 Å². The smallest absolute Gasteiger partial charge is 0.343 e. The lowest BCUT2D eigenvalue weighted by molar-refractivity contribution is -0.142. The molecular formula is C12H16O5. The maximum atomic E-state index is 11.0. The molecule has 0 fully saturated rings. The van der Waals surface area contributed by atoms with Gasteiger partial charge in [0, 0.05) is 6.07 Å². The van der Waals surface area contributed by atoms with E-state index in [1.807, 2.05) is 6.92 Å². The summed E-state index contributed by atoms with van der Waals surface area (Å²) in [6.07, 6.45) is 0.657. The first-order valence-electron chi connectivity index (χ1n) is 5.21. The van der Waals surface area contributed by atoms with Crippen LogP contribution in [0.1, 0.15) is 12.5 Å². The van der Waals surface area contributed by atoms with E-state index in [4.69, 9.17) is 9.47 Å². The second kappa shape index (κ2) is 5.98. The van der Waals surface area contributed by atoms with Crippen LogP contribution in [0.2, 0.25) is 0 Å². The van der Waals surface area contributed by atoms with Crippen molar-refractivity contribution in [3.63, 3.8) is 0 Å². The number of carbonyl (C=O) groups is 1. The minimum atomic E-state index is -0.474. The summed E-state index contributed by atoms with van der Waals surface area (Å²) in [6.45, 7) is 1.71. The van der Waals surface area contributed by atoms with Gasteiger partial charge in [-0.25, -0.2) is 4.79 Å². The summed E-state index contributed by atoms with van der Waals surface area (Å²) < 4.78 is 14.8. The summed E-state index contributed by atoms with van der Waals surface area (Å²) in [5.41, 5.74) is 0.727. The zero-order valence-electron chi connectivity index (χ0n) is 10.1. The van der Waals surface area contributed by atoms with Crippen molar-refractivity contribution in [3.8, 4) is 17.2 Å². The highest BCUT2D eigenvalue weighted by Crippen LogP contribution is 2.34. The third-order valence-corrected chi connectivity index (χ3v) is 2.32. The number of hydrogen-bond donors (Lipinski definition) is 1. The summed E-state index contributed by atoms with van der Waals surface area (Å²) in [5, 5.41) is 9.64. The standard InChI is InChI=1S/C12H16O5/c1-4-8-5-11(17-7-12(14)16-3)10(15-2)6-9(8)13/h5-6,13H,4,7H2,1-3H3. The van der Waals surface area contributed by atoms with E-state index >= 15 is 0 Å². The summed E-state index contributed by atoms with van der Waals surface area (Å²) >= 11 is 0. The van der Waals surface area contributed by atoms with E-state index in [1.165, 1.54) is 20.3 Å². The van der Waals surface area contributed by atoms with Crippen LogP contribution in [-0.2, 0) is 16.0 Å². The van der Waals surface area contributed by atoms with Crippen LogP contribution in [0, 0.1) is 0 Å². The summed E-state index contributed by atoms with van der Waals surface area (Å²) in [5.74, 6) is 0.462. The SMILES string of the molecule is CCc1cc(OCC(=O)OC)c(OC)cc1O. The molecule has 94 valence electrons. The first-order chi connectivity index (χ1) is 8.12. The highest BCUT2D eigenvalue weighted by molar-refractivity contribution is 5.71. The van der Waals surface area contributed by atoms with Crippen LogP contribution in [0.25, 0.3) is 0 Å². The second-order valence-electron chi connectivity index (χ2n) is 3.35. The molecule has 0 spiro atoms. The molecule has 0 unspecified atom stereocenters. The molecule has 0 aliphatic rings. The monoisotopic (exact) mass is 240 g/mol. The number of hydrogen-bond acceptors (Lipinski definition) is 5. The molecule has 0 saturated carbocycles. The predicted molar refractivity (Wildman–Crippen MR) is 61.5 cm³/mol. The Morgan fingerprint density at radius 3 is 2.53 bits per heavy atom. The molecule has 1 aromatic rings. The Balaban J connectivity index is 2.92. The van der Waals surface area contributed by atoms with Gasteiger partial charge in [0.1, 0.15) is 5.75 Å². The van der Waals surface area contributed by atoms with E-state index in [1.54, 1.807) is 6.07 Å². The van der Waals surface area contributed by atoms with Crippen LogP contribution in [0.15, 0.2) is 12.1 Å². The molecule has 17 heavy (non-hydrogen) atoms. The Morgan fingerprint density at radius 1 is 1.29 bits per heavy atom. The van der Waals surface area contributed by atoms with Gasteiger partial charge in [0.2, 0.25) is 0 Å². The predicted octanol–water partition coefficient (Wildman–Crippen LogP) is 1.51. The van der Waals surface area contributed by atoms with Crippen LogP contribution in [0.4, 0.5) is 0 Å². The normalized spacial score (nSPS) is 9.82. The van der Waals surface area contributed by atoms with Crippen molar-refractivity contribution in [1.29, 1.82) is 0 Å². The van der Waals surface area contributed by atoms with Crippen molar-refractivity contribution in [2.24, 2.45) is 0 Å². The van der Waals surface area contributed by atoms with Crippen LogP contribution in [0.5, 0.6) is 17.2 Å². The Morgan fingerprint density at radius 2 is 2.00 bits per heavy atom. The van der Waals surface area contributed by atoms with Crippen molar-refractivity contribution < 1.29 is 24.1 Å². The van der Waals surface area contributed by atoms with E-state index in [2.05, 4.69) is 4.74 Å². The number of rotatable bonds is 5. The van der Waals surface area contributed by atoms with Crippen LogP contribution < -0.4 is 9.47 Å². The van der Waals surface area contributed by atoms with Gasteiger partial charge in [-0.3, -0.25) is 0 Å². The van der Waals surface area contributed by atoms with Gasteiger partial charge in [-0.05, 0) is 18.1 Å². The number of aryl methyl sites for hydroxylation is 1. The number of aromatic hydroxyl groups is 1. The van der Waals surface area contributed by atoms with Crippen molar-refractivity contribution in [1.82, 2.24) is 0 Å². The number of esters is 1. The summed E-state index contributed by atoms with van der Waals surface area (Å²) in [4.78, 5) is 11.0. The molecule has 0 radical (unpaired) electrons. The fourth-order valence-corrected chi connectivity index (χ4v) is 1.34. The molecule has 5 heteroatoms. The number of phenols is 1. The fraction of sp³-hybridized carbons (Fsp3) is 0.417. The molecule has 0 saturated heterocycles. The number of methoxy groups -OCH3 is 2. The zero-order chi connectivity index (χ0) is 12.8. The molecule has 0 bridgehead atoms. The van der Waals surface area contributed by atoms with Gasteiger partial charge in [-0.15, -0.1) is 0 Å². The van der Waals surface area contributed by atoms with Crippen LogP contribution in [-0.4, -0.2) is 31.9 Å². The quantitative estimate of drug-likeness (QED) is 0.790. The van der Waals surface area contributed by atoms with Crippen molar-refractivity contribution in [2.75, 3.05) is 20.8 Å². The molecular weight excluding hydrogens is 224 g/mol. The van der Waals surface area contributed by atoms with Crippen molar-refractivity contribution in [2.45, 2.75) is 13.3 Å². The zero-order valence-corrected chi connectivity index (χ0v) is 10.1. The van der Waals surface area contributed by atoms with E-state index in [9.17, 15) is 9.90 Å². The lowest BCUT2D eigenvalue weighted by Gasteiger charge is -2.12. The van der Waals surface area contributed by atoms with Crippen molar-refractivity contribution >= 4 is 5.97 Å². The van der Waals surface area contributed by atoms with Crippen molar-refractivity contribution in [3.05, 3.63) is 17.7 Å². The molecule has 0 amide bonds. The molecule has 0 heterocycles. The van der Waals surface area contributed by atoms with Gasteiger partial charge in [0.25, 0.3) is 0 Å². The number of ether oxygens (including phenoxy) is 3. The average Bonchev–Trinajstić information content (AvgIpc) is 2.36. The van der Waals surface area contributed by atoms with Gasteiger partial charge >= 0.3 is 5.97 Å². The minimum absolute atomic E-state index is 0.148. The summed E-state index contributed by atoms with van der Waals surface area (Å²) in [7, 11) is 2.75. The molecule has 1 N–H and O–H groups in total. The Hall–Kier alpha value is -1.91.